The molecular weight excluding hydrogens is 334 g/mol. The van der Waals surface area contributed by atoms with Gasteiger partial charge in [-0.05, 0) is 28.8 Å². The van der Waals surface area contributed by atoms with Gasteiger partial charge >= 0.3 is 5.97 Å². The number of nitrogens with zero attached hydrogens (tertiary/aromatic N) is 1. The Hall–Kier alpha value is -2.92. The highest BCUT2D eigenvalue weighted by atomic mass is 32.1. The van der Waals surface area contributed by atoms with Crippen molar-refractivity contribution >= 4 is 22.9 Å². The molecular formula is C20H17NO3S. The molecule has 0 amide bonds. The van der Waals surface area contributed by atoms with Gasteiger partial charge in [0.05, 0.1) is 0 Å². The summed E-state index contributed by atoms with van der Waals surface area (Å²) in [4.78, 5) is 15.3. The summed E-state index contributed by atoms with van der Waals surface area (Å²) in [6, 6.07) is 17.7. The maximum atomic E-state index is 11.0. The molecule has 25 heavy (non-hydrogen) atoms. The number of aromatic nitrogens is 1. The summed E-state index contributed by atoms with van der Waals surface area (Å²) in [5.41, 5.74) is 2.82. The van der Waals surface area contributed by atoms with E-state index in [9.17, 15) is 4.79 Å². The third kappa shape index (κ3) is 5.02. The maximum Gasteiger partial charge on any atom is 0.328 e. The van der Waals surface area contributed by atoms with Crippen LogP contribution in [0.4, 0.5) is 0 Å². The molecule has 0 aliphatic rings. The van der Waals surface area contributed by atoms with Crippen LogP contribution in [-0.4, -0.2) is 16.1 Å². The first-order valence-electron chi connectivity index (χ1n) is 7.80. The normalized spacial score (nSPS) is 11.3. The van der Waals surface area contributed by atoms with Gasteiger partial charge in [0.2, 0.25) is 0 Å². The lowest BCUT2D eigenvalue weighted by atomic mass is 10.1. The van der Waals surface area contributed by atoms with E-state index in [1.165, 1.54) is 17.4 Å². The van der Waals surface area contributed by atoms with Gasteiger partial charge in [-0.3, -0.25) is 0 Å². The van der Waals surface area contributed by atoms with E-state index >= 15 is 0 Å². The fraction of sp³-hybridized carbons (Fsp3) is 0.100. The van der Waals surface area contributed by atoms with Crippen molar-refractivity contribution in [3.8, 4) is 5.75 Å². The first kappa shape index (κ1) is 16.9. The molecule has 0 unspecified atom stereocenters. The third-order valence-corrected chi connectivity index (χ3v) is 4.42. The van der Waals surface area contributed by atoms with E-state index < -0.39 is 5.97 Å². The number of hydrogen-bond donors (Lipinski definition) is 1. The Morgan fingerprint density at radius 1 is 1.08 bits per heavy atom. The predicted octanol–water partition coefficient (Wildman–Crippen LogP) is 4.43. The molecule has 0 bridgehead atoms. The summed E-state index contributed by atoms with van der Waals surface area (Å²) in [5, 5.41) is 11.6. The molecule has 0 atom stereocenters. The fourth-order valence-corrected chi connectivity index (χ4v) is 3.04. The van der Waals surface area contributed by atoms with Crippen molar-refractivity contribution in [1.82, 2.24) is 4.98 Å². The highest BCUT2D eigenvalue weighted by molar-refractivity contribution is 7.10. The van der Waals surface area contributed by atoms with Gasteiger partial charge in [-0.25, -0.2) is 9.78 Å². The van der Waals surface area contributed by atoms with Crippen LogP contribution in [-0.2, 0) is 17.8 Å². The zero-order valence-electron chi connectivity index (χ0n) is 13.5. The zero-order chi connectivity index (χ0) is 17.5. The number of hydrogen-bond acceptors (Lipinski definition) is 4. The molecule has 0 fully saturated rings. The number of carboxylic acids is 1. The van der Waals surface area contributed by atoms with Crippen molar-refractivity contribution in [3.05, 3.63) is 88.4 Å². The molecule has 0 radical (unpaired) electrons. The van der Waals surface area contributed by atoms with Crippen molar-refractivity contribution in [1.29, 1.82) is 0 Å². The van der Waals surface area contributed by atoms with E-state index in [4.69, 9.17) is 9.84 Å². The van der Waals surface area contributed by atoms with E-state index in [1.54, 1.807) is 6.20 Å². The quantitative estimate of drug-likeness (QED) is 0.640. The minimum absolute atomic E-state index is 0.513. The number of thiazole rings is 1. The number of carbonyl (C=O) groups is 1. The summed E-state index contributed by atoms with van der Waals surface area (Å²) < 4.78 is 5.77. The van der Waals surface area contributed by atoms with Crippen LogP contribution >= 0.6 is 11.3 Å². The molecule has 0 spiro atoms. The first-order valence-corrected chi connectivity index (χ1v) is 8.68. The summed E-state index contributed by atoms with van der Waals surface area (Å²) in [7, 11) is 0. The Balaban J connectivity index is 1.66. The van der Waals surface area contributed by atoms with Gasteiger partial charge in [0.25, 0.3) is 0 Å². The standard InChI is InChI=1S/C20H17NO3S/c22-19(23)13-17(20-21-10-11-25-20)12-15-6-8-18(9-7-15)24-14-16-4-2-1-3-5-16/h1-11,13H,12,14H2,(H,22,23)/b17-13-. The number of benzene rings is 2. The lowest BCUT2D eigenvalue weighted by molar-refractivity contribution is -0.131. The minimum Gasteiger partial charge on any atom is -0.489 e. The average Bonchev–Trinajstić information content (AvgIpc) is 3.16. The number of aliphatic carboxylic acids is 1. The van der Waals surface area contributed by atoms with Crippen molar-refractivity contribution in [3.63, 3.8) is 0 Å². The van der Waals surface area contributed by atoms with Crippen LogP contribution < -0.4 is 4.74 Å². The summed E-state index contributed by atoms with van der Waals surface area (Å²) in [5.74, 6) is -0.182. The number of carboxylic acid groups (broad SMARTS) is 1. The van der Waals surface area contributed by atoms with Crippen LogP contribution in [0, 0.1) is 0 Å². The van der Waals surface area contributed by atoms with Gasteiger partial charge < -0.3 is 9.84 Å². The second-order valence-electron chi connectivity index (χ2n) is 5.44. The smallest absolute Gasteiger partial charge is 0.328 e. The molecule has 1 aromatic heterocycles. The molecule has 1 N–H and O–H groups in total. The van der Waals surface area contributed by atoms with Crippen molar-refractivity contribution in [2.45, 2.75) is 13.0 Å². The van der Waals surface area contributed by atoms with E-state index in [2.05, 4.69) is 4.98 Å². The van der Waals surface area contributed by atoms with Crippen LogP contribution in [0.25, 0.3) is 5.57 Å². The molecule has 3 rings (SSSR count). The minimum atomic E-state index is -0.965. The van der Waals surface area contributed by atoms with Gasteiger partial charge in [0.1, 0.15) is 17.4 Å². The van der Waals surface area contributed by atoms with E-state index in [1.807, 2.05) is 60.0 Å². The SMILES string of the molecule is O=C(O)/C=C(/Cc1ccc(OCc2ccccc2)cc1)c1nccs1. The molecule has 0 saturated heterocycles. The van der Waals surface area contributed by atoms with Crippen molar-refractivity contribution in [2.24, 2.45) is 0 Å². The molecule has 2 aromatic carbocycles. The molecule has 0 aliphatic heterocycles. The largest absolute Gasteiger partial charge is 0.489 e. The number of ether oxygens (including phenoxy) is 1. The van der Waals surface area contributed by atoms with E-state index in [-0.39, 0.29) is 0 Å². The molecule has 4 nitrogen and oxygen atoms in total. The molecule has 3 aromatic rings. The Morgan fingerprint density at radius 2 is 1.84 bits per heavy atom. The Morgan fingerprint density at radius 3 is 2.48 bits per heavy atom. The topological polar surface area (TPSA) is 59.4 Å². The monoisotopic (exact) mass is 351 g/mol. The van der Waals surface area contributed by atoms with Gasteiger partial charge in [-0.2, -0.15) is 0 Å². The molecule has 0 aliphatic carbocycles. The van der Waals surface area contributed by atoms with Gasteiger partial charge in [0.15, 0.2) is 0 Å². The second-order valence-corrected chi connectivity index (χ2v) is 6.33. The average molecular weight is 351 g/mol. The van der Waals surface area contributed by atoms with Gasteiger partial charge in [0, 0.05) is 24.1 Å². The van der Waals surface area contributed by atoms with Gasteiger partial charge in [-0.1, -0.05) is 42.5 Å². The third-order valence-electron chi connectivity index (χ3n) is 3.57. The Bertz CT molecular complexity index is 840. The number of allylic oxidation sites excluding steroid dienone is 1. The van der Waals surface area contributed by atoms with Gasteiger partial charge in [-0.15, -0.1) is 11.3 Å². The molecule has 5 heteroatoms. The number of rotatable bonds is 7. The Labute approximate surface area is 150 Å². The van der Waals surface area contributed by atoms with Crippen LogP contribution in [0.5, 0.6) is 5.75 Å². The van der Waals surface area contributed by atoms with Crippen molar-refractivity contribution in [2.75, 3.05) is 0 Å². The van der Waals surface area contributed by atoms with E-state index in [0.29, 0.717) is 18.6 Å². The zero-order valence-corrected chi connectivity index (χ0v) is 14.3. The van der Waals surface area contributed by atoms with Crippen LogP contribution in [0.3, 0.4) is 0 Å². The highest BCUT2D eigenvalue weighted by Gasteiger charge is 2.08. The second kappa shape index (κ2) is 8.26. The van der Waals surface area contributed by atoms with E-state index in [0.717, 1.165) is 21.9 Å². The fourth-order valence-electron chi connectivity index (χ4n) is 2.38. The highest BCUT2D eigenvalue weighted by Crippen LogP contribution is 2.23. The predicted molar refractivity (Wildman–Crippen MR) is 98.6 cm³/mol. The Kier molecular flexibility index (Phi) is 5.59. The molecule has 126 valence electrons. The molecule has 0 saturated carbocycles. The maximum absolute atomic E-state index is 11.0. The summed E-state index contributed by atoms with van der Waals surface area (Å²) in [6.07, 6.45) is 3.41. The van der Waals surface area contributed by atoms with Crippen LogP contribution in [0.1, 0.15) is 16.1 Å². The summed E-state index contributed by atoms with van der Waals surface area (Å²) in [6.45, 7) is 0.517. The van der Waals surface area contributed by atoms with Crippen LogP contribution in [0.15, 0.2) is 72.3 Å². The lowest BCUT2D eigenvalue weighted by Gasteiger charge is -2.08. The lowest BCUT2D eigenvalue weighted by Crippen LogP contribution is -1.97. The van der Waals surface area contributed by atoms with Crippen LogP contribution in [0.2, 0.25) is 0 Å². The summed E-state index contributed by atoms with van der Waals surface area (Å²) >= 11 is 1.43. The van der Waals surface area contributed by atoms with Crippen molar-refractivity contribution < 1.29 is 14.6 Å². The molecule has 1 heterocycles. The first-order chi connectivity index (χ1) is 12.2.